The van der Waals surface area contributed by atoms with Crippen molar-refractivity contribution in [3.05, 3.63) is 40.4 Å². The van der Waals surface area contributed by atoms with E-state index < -0.39 is 33.3 Å². The summed E-state index contributed by atoms with van der Waals surface area (Å²) in [5, 5.41) is 9.48. The minimum absolute atomic E-state index is 0.286. The fourth-order valence-electron chi connectivity index (χ4n) is 1.64. The van der Waals surface area contributed by atoms with Crippen LogP contribution in [0.3, 0.4) is 0 Å². The van der Waals surface area contributed by atoms with Crippen molar-refractivity contribution in [2.45, 2.75) is 12.8 Å². The number of aryl methyl sites for hydroxylation is 1. The maximum atomic E-state index is 13.6. The largest absolute Gasteiger partial charge is 0.319 e. The zero-order valence-electron chi connectivity index (χ0n) is 11.7. The lowest BCUT2D eigenvalue weighted by atomic mass is 10.2. The van der Waals surface area contributed by atoms with Crippen LogP contribution in [0.15, 0.2) is 18.2 Å². The molecule has 0 atom stereocenters. The molecule has 1 aromatic carbocycles. The molecule has 0 aliphatic carbocycles. The van der Waals surface area contributed by atoms with Crippen molar-refractivity contribution < 1.29 is 17.6 Å². The van der Waals surface area contributed by atoms with E-state index in [1.807, 2.05) is 6.92 Å². The van der Waals surface area contributed by atoms with Gasteiger partial charge in [0, 0.05) is 6.26 Å². The van der Waals surface area contributed by atoms with Gasteiger partial charge in [0.05, 0.1) is 10.7 Å². The van der Waals surface area contributed by atoms with Crippen LogP contribution in [0.5, 0.6) is 0 Å². The Morgan fingerprint density at radius 2 is 2.09 bits per heavy atom. The van der Waals surface area contributed by atoms with Crippen molar-refractivity contribution >= 4 is 33.0 Å². The number of aromatic nitrogens is 3. The van der Waals surface area contributed by atoms with Crippen LogP contribution in [-0.4, -0.2) is 35.6 Å². The van der Waals surface area contributed by atoms with E-state index in [9.17, 15) is 17.6 Å². The van der Waals surface area contributed by atoms with Gasteiger partial charge in [-0.1, -0.05) is 17.7 Å². The molecule has 1 aromatic heterocycles. The molecule has 7 nitrogen and oxygen atoms in total. The molecule has 118 valence electrons. The molecule has 0 aliphatic rings. The average Bonchev–Trinajstić information content (AvgIpc) is 2.71. The molecule has 1 heterocycles. The Hall–Kier alpha value is -2.00. The third kappa shape index (κ3) is 4.01. The molecule has 0 radical (unpaired) electrons. The van der Waals surface area contributed by atoms with Gasteiger partial charge in [-0.3, -0.25) is 4.79 Å². The van der Waals surface area contributed by atoms with Gasteiger partial charge in [0.2, 0.25) is 5.69 Å². The van der Waals surface area contributed by atoms with Crippen LogP contribution in [0.1, 0.15) is 16.1 Å². The van der Waals surface area contributed by atoms with Crippen LogP contribution in [0.25, 0.3) is 0 Å². The summed E-state index contributed by atoms with van der Waals surface area (Å²) in [6, 6.07) is 4.92. The van der Waals surface area contributed by atoms with E-state index in [4.69, 9.17) is 11.6 Å². The number of halogens is 2. The second-order valence-electron chi connectivity index (χ2n) is 4.70. The second kappa shape index (κ2) is 6.01. The molecule has 2 rings (SSSR count). The molecule has 0 aliphatic heterocycles. The molecule has 0 unspecified atom stereocenters. The summed E-state index contributed by atoms with van der Waals surface area (Å²) < 4.78 is 35.9. The molecule has 10 heteroatoms. The average molecular weight is 347 g/mol. The van der Waals surface area contributed by atoms with E-state index in [0.717, 1.165) is 11.8 Å². The van der Waals surface area contributed by atoms with E-state index in [-0.39, 0.29) is 10.7 Å². The van der Waals surface area contributed by atoms with Gasteiger partial charge in [-0.05, 0) is 24.6 Å². The van der Waals surface area contributed by atoms with Crippen LogP contribution in [0.4, 0.5) is 10.1 Å². The third-order valence-electron chi connectivity index (χ3n) is 2.55. The van der Waals surface area contributed by atoms with Crippen molar-refractivity contribution in [1.29, 1.82) is 0 Å². The minimum atomic E-state index is -3.46. The first-order valence-electron chi connectivity index (χ1n) is 6.01. The van der Waals surface area contributed by atoms with Gasteiger partial charge in [-0.15, -0.1) is 10.2 Å². The molecule has 2 aromatic rings. The molecule has 0 fully saturated rings. The fourth-order valence-corrected chi connectivity index (χ4v) is 2.45. The molecule has 1 amide bonds. The number of carbonyl (C=O) groups is 1. The lowest BCUT2D eigenvalue weighted by Gasteiger charge is -2.06. The first-order chi connectivity index (χ1) is 10.2. The summed E-state index contributed by atoms with van der Waals surface area (Å²) in [4.78, 5) is 12.6. The summed E-state index contributed by atoms with van der Waals surface area (Å²) in [5.41, 5.74) is 0.572. The number of amides is 1. The van der Waals surface area contributed by atoms with Crippen molar-refractivity contribution in [1.82, 2.24) is 15.0 Å². The molecule has 0 spiro atoms. The van der Waals surface area contributed by atoms with Gasteiger partial charge < -0.3 is 5.32 Å². The Labute approximate surface area is 131 Å². The smallest absolute Gasteiger partial charge is 0.281 e. The maximum Gasteiger partial charge on any atom is 0.281 e. The lowest BCUT2D eigenvalue weighted by molar-refractivity contribution is 0.101. The Bertz CT molecular complexity index is 835. The van der Waals surface area contributed by atoms with E-state index in [0.29, 0.717) is 4.80 Å². The molecule has 0 saturated heterocycles. The number of benzene rings is 1. The molecule has 0 bridgehead atoms. The predicted octanol–water partition coefficient (Wildman–Crippen LogP) is 1.63. The molecule has 1 N–H and O–H groups in total. The Kier molecular flexibility index (Phi) is 4.47. The Balaban J connectivity index is 2.23. The lowest BCUT2D eigenvalue weighted by Crippen LogP contribution is -2.16. The van der Waals surface area contributed by atoms with Gasteiger partial charge in [-0.2, -0.15) is 9.19 Å². The van der Waals surface area contributed by atoms with Crippen molar-refractivity contribution in [3.8, 4) is 0 Å². The molecular formula is C12H12ClFN4O3S. The Morgan fingerprint density at radius 1 is 1.41 bits per heavy atom. The van der Waals surface area contributed by atoms with Crippen LogP contribution in [-0.2, 0) is 15.7 Å². The van der Waals surface area contributed by atoms with E-state index in [1.54, 1.807) is 18.2 Å². The SMILES string of the molecule is Cc1ccc(NC(=O)c2nn(CS(C)(=O)=O)nc2F)c(Cl)c1. The highest BCUT2D eigenvalue weighted by molar-refractivity contribution is 7.89. The summed E-state index contributed by atoms with van der Waals surface area (Å²) >= 11 is 5.96. The number of hydrogen-bond acceptors (Lipinski definition) is 5. The number of sulfone groups is 1. The van der Waals surface area contributed by atoms with Gasteiger partial charge in [-0.25, -0.2) is 8.42 Å². The van der Waals surface area contributed by atoms with Crippen molar-refractivity contribution in [2.24, 2.45) is 0 Å². The number of hydrogen-bond donors (Lipinski definition) is 1. The topological polar surface area (TPSA) is 94.0 Å². The first kappa shape index (κ1) is 16.4. The first-order valence-corrected chi connectivity index (χ1v) is 8.45. The van der Waals surface area contributed by atoms with E-state index in [2.05, 4.69) is 15.5 Å². The molecular weight excluding hydrogens is 335 g/mol. The van der Waals surface area contributed by atoms with Crippen LogP contribution >= 0.6 is 11.6 Å². The number of rotatable bonds is 4. The van der Waals surface area contributed by atoms with Crippen molar-refractivity contribution in [3.63, 3.8) is 0 Å². The Morgan fingerprint density at radius 3 is 2.68 bits per heavy atom. The zero-order valence-corrected chi connectivity index (χ0v) is 13.2. The summed E-state index contributed by atoms with van der Waals surface area (Å²) in [5.74, 6) is -2.66. The third-order valence-corrected chi connectivity index (χ3v) is 3.56. The monoisotopic (exact) mass is 346 g/mol. The number of nitrogens with one attached hydrogen (secondary N) is 1. The maximum absolute atomic E-state index is 13.6. The quantitative estimate of drug-likeness (QED) is 0.908. The van der Waals surface area contributed by atoms with Crippen LogP contribution < -0.4 is 5.32 Å². The van der Waals surface area contributed by atoms with E-state index in [1.165, 1.54) is 0 Å². The van der Waals surface area contributed by atoms with Crippen LogP contribution in [0, 0.1) is 12.9 Å². The molecule has 22 heavy (non-hydrogen) atoms. The normalized spacial score (nSPS) is 11.5. The van der Waals surface area contributed by atoms with Crippen LogP contribution in [0.2, 0.25) is 5.02 Å². The number of carbonyl (C=O) groups excluding carboxylic acids is 1. The second-order valence-corrected chi connectivity index (χ2v) is 7.22. The standard InChI is InChI=1S/C12H12ClFN4O3S/c1-7-3-4-9(8(13)5-7)15-12(19)10-11(14)17-18(16-10)6-22(2,20)21/h3-5H,6H2,1-2H3,(H,15,19). The highest BCUT2D eigenvalue weighted by Crippen LogP contribution is 2.23. The summed E-state index contributed by atoms with van der Waals surface area (Å²) in [6.07, 6.45) is 0.945. The fraction of sp³-hybridized carbons (Fsp3) is 0.250. The van der Waals surface area contributed by atoms with Crippen molar-refractivity contribution in [2.75, 3.05) is 11.6 Å². The number of anilines is 1. The highest BCUT2D eigenvalue weighted by atomic mass is 35.5. The predicted molar refractivity (Wildman–Crippen MR) is 79.0 cm³/mol. The van der Waals surface area contributed by atoms with Gasteiger partial charge in [0.15, 0.2) is 15.7 Å². The van der Waals surface area contributed by atoms with Gasteiger partial charge in [0.25, 0.3) is 11.9 Å². The molecule has 0 saturated carbocycles. The highest BCUT2D eigenvalue weighted by Gasteiger charge is 2.21. The summed E-state index contributed by atoms with van der Waals surface area (Å²) in [6.45, 7) is 1.83. The number of nitrogens with zero attached hydrogens (tertiary/aromatic N) is 3. The van der Waals surface area contributed by atoms with Gasteiger partial charge in [0.1, 0.15) is 0 Å². The van der Waals surface area contributed by atoms with Gasteiger partial charge >= 0.3 is 0 Å². The minimum Gasteiger partial charge on any atom is -0.319 e. The zero-order chi connectivity index (χ0) is 16.5. The summed E-state index contributed by atoms with van der Waals surface area (Å²) in [7, 11) is -3.46. The van der Waals surface area contributed by atoms with E-state index >= 15 is 0 Å².